The van der Waals surface area contributed by atoms with E-state index in [1.165, 1.54) is 7.11 Å². The number of hydrogen-bond donors (Lipinski definition) is 1. The fraction of sp³-hybridized carbons (Fsp3) is 0.846. The van der Waals surface area contributed by atoms with E-state index in [1.54, 1.807) is 6.08 Å². The predicted octanol–water partition coefficient (Wildman–Crippen LogP) is 0.441. The summed E-state index contributed by atoms with van der Waals surface area (Å²) < 4.78 is 28.3. The van der Waals surface area contributed by atoms with Crippen molar-refractivity contribution >= 4 is 0 Å². The van der Waals surface area contributed by atoms with Gasteiger partial charge in [-0.25, -0.2) is 0 Å². The molecular weight excluding hydrogens is 252 g/mol. The van der Waals surface area contributed by atoms with E-state index in [0.717, 1.165) is 0 Å². The van der Waals surface area contributed by atoms with Gasteiger partial charge in [0.2, 0.25) is 0 Å². The summed E-state index contributed by atoms with van der Waals surface area (Å²) in [7, 11) is 1.54. The zero-order valence-electron chi connectivity index (χ0n) is 11.6. The van der Waals surface area contributed by atoms with Crippen molar-refractivity contribution in [1.82, 2.24) is 0 Å². The second kappa shape index (κ2) is 5.87. The SMILES string of the molecule is C=CCO[C@H]1[C@@H]2OC(C)(C)O[C@@H]2[C@@H](OC)O[C@@H]1CO. The molecule has 0 radical (unpaired) electrons. The number of rotatable bonds is 5. The lowest BCUT2D eigenvalue weighted by Gasteiger charge is -2.40. The van der Waals surface area contributed by atoms with Gasteiger partial charge in [0.25, 0.3) is 0 Å². The Morgan fingerprint density at radius 3 is 2.58 bits per heavy atom. The van der Waals surface area contributed by atoms with Crippen LogP contribution in [0.2, 0.25) is 0 Å². The zero-order valence-corrected chi connectivity index (χ0v) is 11.6. The number of fused-ring (bicyclic) bond motifs is 1. The minimum absolute atomic E-state index is 0.172. The number of methoxy groups -OCH3 is 1. The Morgan fingerprint density at radius 2 is 2.00 bits per heavy atom. The summed E-state index contributed by atoms with van der Waals surface area (Å²) in [5, 5.41) is 9.44. The minimum Gasteiger partial charge on any atom is -0.394 e. The summed E-state index contributed by atoms with van der Waals surface area (Å²) >= 11 is 0. The quantitative estimate of drug-likeness (QED) is 0.734. The third-order valence-corrected chi connectivity index (χ3v) is 3.25. The molecule has 0 aliphatic carbocycles. The maximum absolute atomic E-state index is 9.44. The van der Waals surface area contributed by atoms with E-state index in [4.69, 9.17) is 23.7 Å². The maximum atomic E-state index is 9.44. The van der Waals surface area contributed by atoms with Crippen LogP contribution in [-0.4, -0.2) is 61.9 Å². The van der Waals surface area contributed by atoms with Gasteiger partial charge in [0.15, 0.2) is 12.1 Å². The molecule has 0 spiro atoms. The van der Waals surface area contributed by atoms with Gasteiger partial charge in [0.05, 0.1) is 13.2 Å². The van der Waals surface area contributed by atoms with Crippen LogP contribution in [0.1, 0.15) is 13.8 Å². The summed E-state index contributed by atoms with van der Waals surface area (Å²) in [5.74, 6) is -0.727. The molecule has 0 unspecified atom stereocenters. The summed E-state index contributed by atoms with van der Waals surface area (Å²) in [4.78, 5) is 0. The van der Waals surface area contributed by atoms with Crippen molar-refractivity contribution in [3.05, 3.63) is 12.7 Å². The van der Waals surface area contributed by atoms with Gasteiger partial charge in [-0.05, 0) is 13.8 Å². The molecule has 2 fully saturated rings. The first kappa shape index (κ1) is 14.9. The van der Waals surface area contributed by atoms with Crippen molar-refractivity contribution in [2.45, 2.75) is 50.3 Å². The Hall–Kier alpha value is -0.500. The summed E-state index contributed by atoms with van der Waals surface area (Å²) in [5.41, 5.74) is 0. The molecule has 2 heterocycles. The van der Waals surface area contributed by atoms with Crippen molar-refractivity contribution < 1.29 is 28.8 Å². The Labute approximate surface area is 113 Å². The number of aliphatic hydroxyl groups is 1. The van der Waals surface area contributed by atoms with Crippen molar-refractivity contribution in [2.24, 2.45) is 0 Å². The summed E-state index contributed by atoms with van der Waals surface area (Å²) in [6.45, 7) is 7.46. The standard InChI is InChI=1S/C13H22O6/c1-5-6-16-9-8(7-14)17-12(15-4)11-10(9)18-13(2,3)19-11/h5,8-12,14H,1,6-7H2,2-4H3/t8-,9-,10+,11+,12+/m1/s1. The van der Waals surface area contributed by atoms with E-state index in [9.17, 15) is 5.11 Å². The fourth-order valence-corrected chi connectivity index (χ4v) is 2.54. The summed E-state index contributed by atoms with van der Waals surface area (Å²) in [6, 6.07) is 0. The largest absolute Gasteiger partial charge is 0.394 e. The van der Waals surface area contributed by atoms with E-state index < -0.39 is 24.3 Å². The number of aliphatic hydroxyl groups excluding tert-OH is 1. The molecule has 0 aromatic carbocycles. The van der Waals surface area contributed by atoms with E-state index in [2.05, 4.69) is 6.58 Å². The van der Waals surface area contributed by atoms with E-state index in [1.807, 2.05) is 13.8 Å². The molecule has 110 valence electrons. The summed E-state index contributed by atoms with van der Waals surface area (Å²) in [6.07, 6.45) is -0.576. The van der Waals surface area contributed by atoms with Crippen LogP contribution < -0.4 is 0 Å². The van der Waals surface area contributed by atoms with Gasteiger partial charge in [-0.15, -0.1) is 6.58 Å². The highest BCUT2D eigenvalue weighted by molar-refractivity contribution is 4.97. The van der Waals surface area contributed by atoms with Crippen LogP contribution in [0.4, 0.5) is 0 Å². The monoisotopic (exact) mass is 274 g/mol. The van der Waals surface area contributed by atoms with Crippen molar-refractivity contribution in [3.8, 4) is 0 Å². The maximum Gasteiger partial charge on any atom is 0.186 e. The molecular formula is C13H22O6. The van der Waals surface area contributed by atoms with Crippen LogP contribution in [0, 0.1) is 0 Å². The molecule has 5 atom stereocenters. The second-order valence-electron chi connectivity index (χ2n) is 5.11. The van der Waals surface area contributed by atoms with Gasteiger partial charge in [-0.1, -0.05) is 6.08 Å². The van der Waals surface area contributed by atoms with Crippen LogP contribution in [0.5, 0.6) is 0 Å². The Bertz CT molecular complexity index is 318. The third-order valence-electron chi connectivity index (χ3n) is 3.25. The van der Waals surface area contributed by atoms with Gasteiger partial charge in [-0.3, -0.25) is 0 Å². The predicted molar refractivity (Wildman–Crippen MR) is 66.5 cm³/mol. The van der Waals surface area contributed by atoms with E-state index in [0.29, 0.717) is 6.61 Å². The normalized spacial score (nSPS) is 40.9. The van der Waals surface area contributed by atoms with Crippen LogP contribution in [0.15, 0.2) is 12.7 Å². The highest BCUT2D eigenvalue weighted by atomic mass is 16.8. The molecule has 0 saturated carbocycles. The van der Waals surface area contributed by atoms with Crippen molar-refractivity contribution in [3.63, 3.8) is 0 Å². The Morgan fingerprint density at radius 1 is 1.32 bits per heavy atom. The molecule has 0 aromatic rings. The molecule has 0 amide bonds. The van der Waals surface area contributed by atoms with Gasteiger partial charge in [0, 0.05) is 7.11 Å². The van der Waals surface area contributed by atoms with E-state index >= 15 is 0 Å². The topological polar surface area (TPSA) is 66.4 Å². The molecule has 0 bridgehead atoms. The van der Waals surface area contributed by atoms with Gasteiger partial charge in [-0.2, -0.15) is 0 Å². The van der Waals surface area contributed by atoms with Gasteiger partial charge >= 0.3 is 0 Å². The number of ether oxygens (including phenoxy) is 5. The number of hydrogen-bond acceptors (Lipinski definition) is 6. The van der Waals surface area contributed by atoms with Crippen LogP contribution in [0.25, 0.3) is 0 Å². The van der Waals surface area contributed by atoms with Crippen molar-refractivity contribution in [2.75, 3.05) is 20.3 Å². The molecule has 0 aromatic heterocycles. The molecule has 6 nitrogen and oxygen atoms in total. The second-order valence-corrected chi connectivity index (χ2v) is 5.11. The lowest BCUT2D eigenvalue weighted by atomic mass is 9.99. The molecule has 6 heteroatoms. The first-order valence-electron chi connectivity index (χ1n) is 6.39. The first-order chi connectivity index (χ1) is 9.02. The van der Waals surface area contributed by atoms with Gasteiger partial charge in [0.1, 0.15) is 24.4 Å². The Kier molecular flexibility index (Phi) is 4.60. The first-order valence-corrected chi connectivity index (χ1v) is 6.39. The molecule has 2 saturated heterocycles. The van der Waals surface area contributed by atoms with Gasteiger partial charge < -0.3 is 28.8 Å². The average Bonchev–Trinajstić information content (AvgIpc) is 2.70. The highest BCUT2D eigenvalue weighted by Crippen LogP contribution is 2.38. The van der Waals surface area contributed by atoms with E-state index in [-0.39, 0.29) is 18.8 Å². The van der Waals surface area contributed by atoms with Crippen LogP contribution in [-0.2, 0) is 23.7 Å². The third kappa shape index (κ3) is 2.99. The molecule has 2 aliphatic heterocycles. The van der Waals surface area contributed by atoms with Crippen LogP contribution >= 0.6 is 0 Å². The molecule has 2 aliphatic rings. The fourth-order valence-electron chi connectivity index (χ4n) is 2.54. The average molecular weight is 274 g/mol. The molecule has 19 heavy (non-hydrogen) atoms. The smallest absolute Gasteiger partial charge is 0.186 e. The minimum atomic E-state index is -0.727. The zero-order chi connectivity index (χ0) is 14.0. The lowest BCUT2D eigenvalue weighted by molar-refractivity contribution is -0.277. The lowest BCUT2D eigenvalue weighted by Crippen LogP contribution is -2.58. The van der Waals surface area contributed by atoms with Crippen LogP contribution in [0.3, 0.4) is 0 Å². The Balaban J connectivity index is 2.18. The highest BCUT2D eigenvalue weighted by Gasteiger charge is 2.55. The molecule has 2 rings (SSSR count). The van der Waals surface area contributed by atoms with Crippen molar-refractivity contribution in [1.29, 1.82) is 0 Å². The molecule has 1 N–H and O–H groups in total.